The molecule has 0 heterocycles. The van der Waals surface area contributed by atoms with E-state index in [2.05, 4.69) is 43.3 Å². The SMILES string of the molecule is C/C=C/CC[C@H]1CCc2c(ccc3c2CC[C@H](c2ccc(Cl)cc2)C3)C1. The number of allylic oxidation sites excluding steroid dienone is 2. The molecule has 2 aliphatic rings. The zero-order valence-corrected chi connectivity index (χ0v) is 16.6. The van der Waals surface area contributed by atoms with Crippen molar-refractivity contribution in [3.8, 4) is 0 Å². The number of hydrogen-bond donors (Lipinski definition) is 0. The molecule has 1 heteroatoms. The number of hydrogen-bond acceptors (Lipinski definition) is 0. The van der Waals surface area contributed by atoms with Crippen LogP contribution in [0.25, 0.3) is 0 Å². The van der Waals surface area contributed by atoms with Crippen molar-refractivity contribution in [2.45, 2.75) is 64.2 Å². The summed E-state index contributed by atoms with van der Waals surface area (Å²) in [6, 6.07) is 13.4. The molecule has 0 unspecified atom stereocenters. The Bertz CT molecular complexity index is 785. The van der Waals surface area contributed by atoms with Gasteiger partial charge in [0.15, 0.2) is 0 Å². The van der Waals surface area contributed by atoms with Gasteiger partial charge in [-0.15, -0.1) is 0 Å². The highest BCUT2D eigenvalue weighted by Gasteiger charge is 2.26. The fraction of sp³-hybridized carbons (Fsp3) is 0.440. The molecule has 0 bridgehead atoms. The third kappa shape index (κ3) is 3.76. The summed E-state index contributed by atoms with van der Waals surface area (Å²) >= 11 is 6.06. The number of benzene rings is 2. The molecule has 2 aliphatic carbocycles. The van der Waals surface area contributed by atoms with Gasteiger partial charge < -0.3 is 0 Å². The molecule has 2 atom stereocenters. The first kappa shape index (κ1) is 17.9. The summed E-state index contributed by atoms with van der Waals surface area (Å²) in [7, 11) is 0. The molecule has 0 nitrogen and oxygen atoms in total. The minimum Gasteiger partial charge on any atom is -0.0917 e. The van der Waals surface area contributed by atoms with E-state index in [1.807, 2.05) is 12.1 Å². The molecule has 0 spiro atoms. The topological polar surface area (TPSA) is 0 Å². The Hall–Kier alpha value is -1.53. The Morgan fingerprint density at radius 3 is 2.35 bits per heavy atom. The van der Waals surface area contributed by atoms with E-state index in [0.717, 1.165) is 10.9 Å². The lowest BCUT2D eigenvalue weighted by molar-refractivity contribution is 0.427. The molecule has 26 heavy (non-hydrogen) atoms. The second-order valence-electron chi connectivity index (χ2n) is 8.09. The van der Waals surface area contributed by atoms with Gasteiger partial charge in [-0.2, -0.15) is 0 Å². The van der Waals surface area contributed by atoms with Gasteiger partial charge in [-0.3, -0.25) is 0 Å². The monoisotopic (exact) mass is 364 g/mol. The van der Waals surface area contributed by atoms with Crippen LogP contribution in [0.4, 0.5) is 0 Å². The Kier molecular flexibility index (Phi) is 5.50. The number of rotatable bonds is 4. The Balaban J connectivity index is 1.50. The summed E-state index contributed by atoms with van der Waals surface area (Å²) in [4.78, 5) is 0. The lowest BCUT2D eigenvalue weighted by Crippen LogP contribution is -2.20. The second-order valence-corrected chi connectivity index (χ2v) is 8.52. The molecule has 4 rings (SSSR count). The fourth-order valence-corrected chi connectivity index (χ4v) is 5.13. The maximum absolute atomic E-state index is 6.06. The van der Waals surface area contributed by atoms with Gasteiger partial charge in [-0.25, -0.2) is 0 Å². The van der Waals surface area contributed by atoms with Crippen LogP contribution in [0.2, 0.25) is 5.02 Å². The molecule has 0 fully saturated rings. The van der Waals surface area contributed by atoms with Crippen LogP contribution in [-0.2, 0) is 25.7 Å². The van der Waals surface area contributed by atoms with Crippen LogP contribution in [0, 0.1) is 5.92 Å². The van der Waals surface area contributed by atoms with E-state index < -0.39 is 0 Å². The average molecular weight is 365 g/mol. The second kappa shape index (κ2) is 8.01. The normalized spacial score (nSPS) is 22.2. The van der Waals surface area contributed by atoms with Crippen LogP contribution in [0.5, 0.6) is 0 Å². The lowest BCUT2D eigenvalue weighted by atomic mass is 9.73. The smallest absolute Gasteiger partial charge is 0.0406 e. The first-order valence-corrected chi connectivity index (χ1v) is 10.6. The fourth-order valence-electron chi connectivity index (χ4n) is 5.01. The first-order valence-electron chi connectivity index (χ1n) is 10.2. The quantitative estimate of drug-likeness (QED) is 0.508. The summed E-state index contributed by atoms with van der Waals surface area (Å²) < 4.78 is 0. The van der Waals surface area contributed by atoms with Crippen molar-refractivity contribution >= 4 is 11.6 Å². The van der Waals surface area contributed by atoms with Crippen molar-refractivity contribution in [1.82, 2.24) is 0 Å². The van der Waals surface area contributed by atoms with Crippen LogP contribution < -0.4 is 0 Å². The van der Waals surface area contributed by atoms with Crippen LogP contribution in [-0.4, -0.2) is 0 Å². The predicted octanol–water partition coefficient (Wildman–Crippen LogP) is 7.07. The average Bonchev–Trinajstić information content (AvgIpc) is 2.68. The zero-order valence-electron chi connectivity index (χ0n) is 15.8. The Morgan fingerprint density at radius 1 is 0.923 bits per heavy atom. The van der Waals surface area contributed by atoms with E-state index in [0.29, 0.717) is 5.92 Å². The van der Waals surface area contributed by atoms with E-state index in [9.17, 15) is 0 Å². The Morgan fingerprint density at radius 2 is 1.62 bits per heavy atom. The van der Waals surface area contributed by atoms with Crippen molar-refractivity contribution in [2.24, 2.45) is 5.92 Å². The summed E-state index contributed by atoms with van der Waals surface area (Å²) in [5.41, 5.74) is 8.09. The molecular formula is C25H29Cl. The van der Waals surface area contributed by atoms with Gasteiger partial charge >= 0.3 is 0 Å². The summed E-state index contributed by atoms with van der Waals surface area (Å²) in [6.07, 6.45) is 14.8. The van der Waals surface area contributed by atoms with Gasteiger partial charge in [0.2, 0.25) is 0 Å². The van der Waals surface area contributed by atoms with Crippen molar-refractivity contribution < 1.29 is 0 Å². The van der Waals surface area contributed by atoms with Gasteiger partial charge in [0, 0.05) is 5.02 Å². The molecule has 0 aliphatic heterocycles. The number of halogens is 1. The molecule has 2 aromatic carbocycles. The highest BCUT2D eigenvalue weighted by Crippen LogP contribution is 2.39. The van der Waals surface area contributed by atoms with E-state index in [1.165, 1.54) is 56.9 Å². The largest absolute Gasteiger partial charge is 0.0917 e. The highest BCUT2D eigenvalue weighted by atomic mass is 35.5. The third-order valence-corrected chi connectivity index (χ3v) is 6.72. The van der Waals surface area contributed by atoms with E-state index in [1.54, 1.807) is 22.3 Å². The van der Waals surface area contributed by atoms with Gasteiger partial charge in [0.1, 0.15) is 0 Å². The number of fused-ring (bicyclic) bond motifs is 3. The van der Waals surface area contributed by atoms with E-state index in [-0.39, 0.29) is 0 Å². The standard InChI is InChI=1S/C25H29Cl/c1-2-3-4-5-18-6-14-24-21(16-18)7-8-22-17-20(11-15-25(22)24)19-9-12-23(26)13-10-19/h2-3,7-10,12-13,18,20H,4-6,11,14-17H2,1H3/b3-2+/t18-,20-/m0/s1. The van der Waals surface area contributed by atoms with Crippen LogP contribution in [0.3, 0.4) is 0 Å². The molecule has 0 radical (unpaired) electrons. The first-order chi connectivity index (χ1) is 12.7. The summed E-state index contributed by atoms with van der Waals surface area (Å²) in [5, 5.41) is 0.836. The minimum atomic E-state index is 0.648. The van der Waals surface area contributed by atoms with Crippen LogP contribution in [0.1, 0.15) is 66.3 Å². The highest BCUT2D eigenvalue weighted by molar-refractivity contribution is 6.30. The molecule has 136 valence electrons. The van der Waals surface area contributed by atoms with Gasteiger partial charge in [0.05, 0.1) is 0 Å². The molecule has 2 aromatic rings. The van der Waals surface area contributed by atoms with E-state index in [4.69, 9.17) is 11.6 Å². The van der Waals surface area contributed by atoms with Crippen molar-refractivity contribution in [1.29, 1.82) is 0 Å². The lowest BCUT2D eigenvalue weighted by Gasteiger charge is -2.32. The van der Waals surface area contributed by atoms with Gasteiger partial charge in [-0.05, 0) is 110 Å². The van der Waals surface area contributed by atoms with Crippen molar-refractivity contribution in [3.05, 3.63) is 81.4 Å². The van der Waals surface area contributed by atoms with Crippen molar-refractivity contribution in [3.63, 3.8) is 0 Å². The molecule has 0 saturated carbocycles. The maximum atomic E-state index is 6.06. The Labute approximate surface area is 163 Å². The summed E-state index contributed by atoms with van der Waals surface area (Å²) in [6.45, 7) is 2.12. The van der Waals surface area contributed by atoms with Crippen molar-refractivity contribution in [2.75, 3.05) is 0 Å². The third-order valence-electron chi connectivity index (χ3n) is 6.46. The molecular weight excluding hydrogens is 336 g/mol. The predicted molar refractivity (Wildman–Crippen MR) is 112 cm³/mol. The molecule has 0 aromatic heterocycles. The van der Waals surface area contributed by atoms with Crippen LogP contribution in [0.15, 0.2) is 48.6 Å². The molecule has 0 amide bonds. The molecule has 0 saturated heterocycles. The van der Waals surface area contributed by atoms with Gasteiger partial charge in [0.25, 0.3) is 0 Å². The van der Waals surface area contributed by atoms with Gasteiger partial charge in [-0.1, -0.05) is 48.0 Å². The zero-order chi connectivity index (χ0) is 17.9. The van der Waals surface area contributed by atoms with Crippen LogP contribution >= 0.6 is 11.6 Å². The minimum absolute atomic E-state index is 0.648. The summed E-state index contributed by atoms with van der Waals surface area (Å²) in [5.74, 6) is 1.53. The molecule has 0 N–H and O–H groups in total. The maximum Gasteiger partial charge on any atom is 0.0406 e. The van der Waals surface area contributed by atoms with E-state index >= 15 is 0 Å².